The van der Waals surface area contributed by atoms with Gasteiger partial charge in [0.25, 0.3) is 0 Å². The van der Waals surface area contributed by atoms with E-state index in [2.05, 4.69) is 36.3 Å². The number of rotatable bonds is 4. The van der Waals surface area contributed by atoms with Gasteiger partial charge in [0.2, 0.25) is 0 Å². The predicted octanol–water partition coefficient (Wildman–Crippen LogP) is 5.31. The molecule has 0 saturated heterocycles. The Hall–Kier alpha value is -2.70. The molecule has 0 radical (unpaired) electrons. The van der Waals surface area contributed by atoms with Gasteiger partial charge in [0.15, 0.2) is 0 Å². The Morgan fingerprint density at radius 2 is 1.24 bits per heavy atom. The van der Waals surface area contributed by atoms with Gasteiger partial charge in [-0.05, 0) is 68.6 Å². The first-order chi connectivity index (χ1) is 16.1. The molecule has 4 aromatic rings. The van der Waals surface area contributed by atoms with Crippen molar-refractivity contribution in [3.63, 3.8) is 0 Å². The number of aromatic nitrogens is 4. The predicted molar refractivity (Wildman–Crippen MR) is 138 cm³/mol. The van der Waals surface area contributed by atoms with E-state index in [1.807, 2.05) is 27.7 Å². The van der Waals surface area contributed by atoms with E-state index in [1.165, 1.54) is 22.7 Å². The van der Waals surface area contributed by atoms with Crippen LogP contribution in [0.5, 0.6) is 0 Å². The fraction of sp³-hybridized carbons (Fsp3) is 0.364. The number of carbonyl (C=O) groups excluding carboxylic acids is 2. The summed E-state index contributed by atoms with van der Waals surface area (Å²) in [7, 11) is 0. The molecule has 0 aliphatic carbocycles. The number of nitrogen functional groups attached to an aromatic ring is 1. The Morgan fingerprint density at radius 1 is 0.794 bits per heavy atom. The minimum Gasteiger partial charge on any atom is -0.462 e. The molecular formula is C22H24BrN5O4S2. The molecule has 0 bridgehead atoms. The minimum absolute atomic E-state index is 0.320. The van der Waals surface area contributed by atoms with E-state index in [1.54, 1.807) is 13.8 Å². The van der Waals surface area contributed by atoms with Crippen LogP contribution in [0.1, 0.15) is 55.7 Å². The molecule has 0 fully saturated rings. The molecule has 0 aliphatic heterocycles. The Balaban J connectivity index is 0.000000191. The fourth-order valence-corrected chi connectivity index (χ4v) is 6.07. The number of hydrogen-bond donors (Lipinski definition) is 1. The molecule has 4 rings (SSSR count). The van der Waals surface area contributed by atoms with Crippen LogP contribution in [0, 0.1) is 27.7 Å². The molecule has 0 atom stereocenters. The van der Waals surface area contributed by atoms with Gasteiger partial charge in [0, 0.05) is 10.8 Å². The third kappa shape index (κ3) is 4.89. The van der Waals surface area contributed by atoms with E-state index in [0.29, 0.717) is 33.5 Å². The summed E-state index contributed by atoms with van der Waals surface area (Å²) in [6.45, 7) is 11.9. The van der Waals surface area contributed by atoms with Crippen molar-refractivity contribution in [3.05, 3.63) is 36.7 Å². The highest BCUT2D eigenvalue weighted by Gasteiger charge is 2.21. The smallest absolute Gasteiger partial charge is 0.350 e. The maximum Gasteiger partial charge on any atom is 0.350 e. The number of carbonyl (C=O) groups is 2. The largest absolute Gasteiger partial charge is 0.462 e. The maximum absolute atomic E-state index is 11.7. The van der Waals surface area contributed by atoms with Crippen molar-refractivity contribution < 1.29 is 19.1 Å². The summed E-state index contributed by atoms with van der Waals surface area (Å²) in [5.41, 5.74) is 10.1. The average Bonchev–Trinajstić information content (AvgIpc) is 3.32. The van der Waals surface area contributed by atoms with E-state index in [0.717, 1.165) is 42.6 Å². The van der Waals surface area contributed by atoms with Crippen LogP contribution in [0.25, 0.3) is 20.4 Å². The van der Waals surface area contributed by atoms with Gasteiger partial charge in [-0.3, -0.25) is 0 Å². The van der Waals surface area contributed by atoms with Crippen molar-refractivity contribution in [1.29, 1.82) is 0 Å². The van der Waals surface area contributed by atoms with Crippen molar-refractivity contribution in [2.45, 2.75) is 41.5 Å². The van der Waals surface area contributed by atoms with Crippen molar-refractivity contribution in [1.82, 2.24) is 20.4 Å². The first kappa shape index (κ1) is 25.9. The molecule has 0 aromatic carbocycles. The number of anilines is 1. The van der Waals surface area contributed by atoms with Gasteiger partial charge in [-0.2, -0.15) is 10.2 Å². The highest BCUT2D eigenvalue weighted by molar-refractivity contribution is 9.10. The zero-order valence-corrected chi connectivity index (χ0v) is 22.8. The fourth-order valence-electron chi connectivity index (χ4n) is 3.09. The van der Waals surface area contributed by atoms with Crippen LogP contribution in [-0.2, 0) is 9.47 Å². The van der Waals surface area contributed by atoms with Gasteiger partial charge in [-0.25, -0.2) is 9.59 Å². The number of thiophene rings is 2. The van der Waals surface area contributed by atoms with Gasteiger partial charge >= 0.3 is 11.9 Å². The van der Waals surface area contributed by atoms with Crippen molar-refractivity contribution in [3.8, 4) is 0 Å². The Morgan fingerprint density at radius 3 is 1.76 bits per heavy atom. The molecular weight excluding hydrogens is 542 g/mol. The zero-order chi connectivity index (χ0) is 25.2. The van der Waals surface area contributed by atoms with Crippen LogP contribution in [0.15, 0.2) is 4.47 Å². The second-order valence-electron chi connectivity index (χ2n) is 7.21. The summed E-state index contributed by atoms with van der Waals surface area (Å²) < 4.78 is 10.7. The number of nitrogens with zero attached hydrogens (tertiary/aromatic N) is 4. The lowest BCUT2D eigenvalue weighted by Crippen LogP contribution is -2.05. The van der Waals surface area contributed by atoms with E-state index in [9.17, 15) is 9.59 Å². The summed E-state index contributed by atoms with van der Waals surface area (Å²) in [6.07, 6.45) is 0. The SMILES string of the molecule is CCOC(=O)c1sc2nnc(C)c(C)c2c1Br.CCOC(=O)c1sc2nnc(C)c(C)c2c1N. The van der Waals surface area contributed by atoms with Crippen molar-refractivity contribution in [2.24, 2.45) is 0 Å². The molecule has 0 spiro atoms. The van der Waals surface area contributed by atoms with Gasteiger partial charge in [0.1, 0.15) is 19.4 Å². The van der Waals surface area contributed by atoms with Crippen LogP contribution >= 0.6 is 38.6 Å². The Kier molecular flexibility index (Phi) is 8.16. The van der Waals surface area contributed by atoms with Gasteiger partial charge in [0.05, 0.1) is 34.8 Å². The van der Waals surface area contributed by atoms with Crippen molar-refractivity contribution in [2.75, 3.05) is 18.9 Å². The normalized spacial score (nSPS) is 10.8. The highest BCUT2D eigenvalue weighted by atomic mass is 79.9. The van der Waals surface area contributed by atoms with E-state index in [4.69, 9.17) is 15.2 Å². The number of aryl methyl sites for hydroxylation is 4. The number of hydrogen-bond acceptors (Lipinski definition) is 11. The molecule has 0 saturated carbocycles. The third-order valence-electron chi connectivity index (χ3n) is 5.10. The molecule has 9 nitrogen and oxygen atoms in total. The average molecular weight is 567 g/mol. The topological polar surface area (TPSA) is 130 Å². The van der Waals surface area contributed by atoms with E-state index >= 15 is 0 Å². The summed E-state index contributed by atoms with van der Waals surface area (Å²) in [5, 5.41) is 18.0. The molecule has 34 heavy (non-hydrogen) atoms. The van der Waals surface area contributed by atoms with Crippen LogP contribution in [0.3, 0.4) is 0 Å². The molecule has 4 heterocycles. The number of esters is 2. The molecule has 2 N–H and O–H groups in total. The molecule has 0 unspecified atom stereocenters. The zero-order valence-electron chi connectivity index (χ0n) is 19.6. The van der Waals surface area contributed by atoms with E-state index < -0.39 is 5.97 Å². The van der Waals surface area contributed by atoms with Crippen LogP contribution in [0.4, 0.5) is 5.69 Å². The van der Waals surface area contributed by atoms with Gasteiger partial charge in [-0.15, -0.1) is 32.9 Å². The lowest BCUT2D eigenvalue weighted by Gasteiger charge is -2.01. The second kappa shape index (κ2) is 10.7. The van der Waals surface area contributed by atoms with Gasteiger partial charge in [-0.1, -0.05) is 0 Å². The van der Waals surface area contributed by atoms with Crippen molar-refractivity contribution >= 4 is 76.7 Å². The lowest BCUT2D eigenvalue weighted by molar-refractivity contribution is 0.0522. The number of nitrogens with two attached hydrogens (primary N) is 1. The number of halogens is 1. The summed E-state index contributed by atoms with van der Waals surface area (Å²) in [4.78, 5) is 25.8. The number of fused-ring (bicyclic) bond motifs is 2. The van der Waals surface area contributed by atoms with Crippen LogP contribution in [-0.4, -0.2) is 45.5 Å². The second-order valence-corrected chi connectivity index (χ2v) is 10.0. The summed E-state index contributed by atoms with van der Waals surface area (Å²) >= 11 is 5.97. The lowest BCUT2D eigenvalue weighted by atomic mass is 10.1. The molecule has 0 aliphatic rings. The standard InChI is InChI=1S/C11H11BrN2O2S.C11H13N3O2S/c2*1-4-16-11(15)9-8(12)7-5(2)6(3)13-14-10(7)17-9/h4H2,1-3H3;4,12H2,1-3H3. The molecule has 4 aromatic heterocycles. The Labute approximate surface area is 212 Å². The minimum atomic E-state index is -0.398. The van der Waals surface area contributed by atoms with Crippen LogP contribution in [0.2, 0.25) is 0 Å². The summed E-state index contributed by atoms with van der Waals surface area (Å²) in [5.74, 6) is -0.718. The quantitative estimate of drug-likeness (QED) is 0.327. The molecule has 0 amide bonds. The first-order valence-corrected chi connectivity index (χ1v) is 12.8. The first-order valence-electron chi connectivity index (χ1n) is 10.4. The van der Waals surface area contributed by atoms with E-state index in [-0.39, 0.29) is 5.97 Å². The van der Waals surface area contributed by atoms with Gasteiger partial charge < -0.3 is 15.2 Å². The third-order valence-corrected chi connectivity index (χ3v) is 8.28. The summed E-state index contributed by atoms with van der Waals surface area (Å²) in [6, 6.07) is 0. The monoisotopic (exact) mass is 565 g/mol. The van der Waals surface area contributed by atoms with Crippen LogP contribution < -0.4 is 5.73 Å². The molecule has 180 valence electrons. The maximum atomic E-state index is 11.7. The number of ether oxygens (including phenoxy) is 2. The molecule has 12 heteroatoms. The highest BCUT2D eigenvalue weighted by Crippen LogP contribution is 2.37. The Bertz CT molecular complexity index is 1290.